The number of aryl methyl sites for hydroxylation is 2. The molecule has 2 N–H and O–H groups in total. The van der Waals surface area contributed by atoms with E-state index in [1.165, 1.54) is 30.0 Å². The second-order valence-electron chi connectivity index (χ2n) is 4.04. The van der Waals surface area contributed by atoms with Crippen LogP contribution in [0, 0.1) is 0 Å². The highest BCUT2D eigenvalue weighted by Crippen LogP contribution is 2.31. The van der Waals surface area contributed by atoms with Crippen molar-refractivity contribution in [1.82, 2.24) is 0 Å². The summed E-state index contributed by atoms with van der Waals surface area (Å²) in [6, 6.07) is 3.62. The molecule has 0 spiro atoms. The summed E-state index contributed by atoms with van der Waals surface area (Å²) in [7, 11) is 0. The van der Waals surface area contributed by atoms with E-state index in [0.717, 1.165) is 12.8 Å². The molecule has 1 aromatic carbocycles. The van der Waals surface area contributed by atoms with Crippen LogP contribution in [0.3, 0.4) is 0 Å². The maximum atomic E-state index is 11.2. The van der Waals surface area contributed by atoms with E-state index < -0.39 is 0 Å². The number of hydrogen-bond acceptors (Lipinski definition) is 2. The average molecular weight is 217 g/mol. The van der Waals surface area contributed by atoms with Crippen molar-refractivity contribution in [2.24, 2.45) is 0 Å². The molecule has 1 aliphatic carbocycles. The van der Waals surface area contributed by atoms with E-state index >= 15 is 0 Å². The Kier molecular flexibility index (Phi) is 2.95. The molecule has 0 unspecified atom stereocenters. The molecule has 1 aliphatic rings. The predicted octanol–water partition coefficient (Wildman–Crippen LogP) is 2.40. The third-order valence-electron chi connectivity index (χ3n) is 2.90. The van der Waals surface area contributed by atoms with Crippen LogP contribution in [0.2, 0.25) is 0 Å². The van der Waals surface area contributed by atoms with Crippen molar-refractivity contribution in [2.75, 3.05) is 5.32 Å². The summed E-state index contributed by atoms with van der Waals surface area (Å²) in [5.41, 5.74) is 2.90. The van der Waals surface area contributed by atoms with E-state index in [-0.39, 0.29) is 11.7 Å². The van der Waals surface area contributed by atoms with Gasteiger partial charge in [-0.1, -0.05) is 6.58 Å². The monoisotopic (exact) mass is 217 g/mol. The van der Waals surface area contributed by atoms with E-state index in [2.05, 4.69) is 11.9 Å². The predicted molar refractivity (Wildman–Crippen MR) is 63.6 cm³/mol. The third kappa shape index (κ3) is 2.08. The van der Waals surface area contributed by atoms with Gasteiger partial charge in [-0.3, -0.25) is 4.79 Å². The minimum atomic E-state index is -0.300. The van der Waals surface area contributed by atoms with Crippen molar-refractivity contribution in [1.29, 1.82) is 0 Å². The molecule has 1 aromatic rings. The molecule has 0 bridgehead atoms. The van der Waals surface area contributed by atoms with E-state index in [9.17, 15) is 9.90 Å². The Labute approximate surface area is 94.8 Å². The summed E-state index contributed by atoms with van der Waals surface area (Å²) in [5, 5.41) is 12.4. The van der Waals surface area contributed by atoms with E-state index in [1.54, 1.807) is 6.07 Å². The first kappa shape index (κ1) is 10.7. The standard InChI is InChI=1S/C13H15NO2/c1-2-13(16)14-11-7-9-5-3-4-6-10(9)8-12(11)15/h2,7-8,15H,1,3-6H2,(H,14,16). The van der Waals surface area contributed by atoms with Crippen LogP contribution < -0.4 is 5.32 Å². The molecule has 0 saturated carbocycles. The van der Waals surface area contributed by atoms with E-state index in [1.807, 2.05) is 6.07 Å². The highest BCUT2D eigenvalue weighted by atomic mass is 16.3. The van der Waals surface area contributed by atoms with Gasteiger partial charge in [0.1, 0.15) is 5.75 Å². The molecule has 0 heterocycles. The summed E-state index contributed by atoms with van der Waals surface area (Å²) in [6.45, 7) is 3.38. The maximum Gasteiger partial charge on any atom is 0.247 e. The van der Waals surface area contributed by atoms with E-state index in [0.29, 0.717) is 5.69 Å². The van der Waals surface area contributed by atoms with Crippen molar-refractivity contribution in [3.8, 4) is 5.75 Å². The zero-order valence-corrected chi connectivity index (χ0v) is 9.12. The minimum absolute atomic E-state index is 0.135. The first-order valence-corrected chi connectivity index (χ1v) is 5.49. The van der Waals surface area contributed by atoms with Crippen molar-refractivity contribution in [3.63, 3.8) is 0 Å². The highest BCUT2D eigenvalue weighted by molar-refractivity contribution is 5.99. The Morgan fingerprint density at radius 2 is 1.94 bits per heavy atom. The highest BCUT2D eigenvalue weighted by Gasteiger charge is 2.13. The first-order valence-electron chi connectivity index (χ1n) is 5.49. The Morgan fingerprint density at radius 1 is 1.31 bits per heavy atom. The fourth-order valence-corrected chi connectivity index (χ4v) is 2.06. The lowest BCUT2D eigenvalue weighted by Crippen LogP contribution is -2.09. The Balaban J connectivity index is 2.32. The number of anilines is 1. The molecule has 16 heavy (non-hydrogen) atoms. The molecule has 3 heteroatoms. The molecule has 0 aromatic heterocycles. The summed E-state index contributed by atoms with van der Waals surface area (Å²) in [4.78, 5) is 11.2. The van der Waals surface area contributed by atoms with Gasteiger partial charge < -0.3 is 10.4 Å². The Bertz CT molecular complexity index is 438. The van der Waals surface area contributed by atoms with Gasteiger partial charge in [0, 0.05) is 0 Å². The number of nitrogens with one attached hydrogen (secondary N) is 1. The number of phenolic OH excluding ortho intramolecular Hbond substituents is 1. The third-order valence-corrected chi connectivity index (χ3v) is 2.90. The van der Waals surface area contributed by atoms with Gasteiger partial charge in [-0.25, -0.2) is 0 Å². The van der Waals surface area contributed by atoms with Crippen molar-refractivity contribution in [3.05, 3.63) is 35.9 Å². The van der Waals surface area contributed by atoms with Gasteiger partial charge in [0.25, 0.3) is 0 Å². The fraction of sp³-hybridized carbons (Fsp3) is 0.308. The number of fused-ring (bicyclic) bond motifs is 1. The lowest BCUT2D eigenvalue weighted by atomic mass is 9.91. The molecule has 1 amide bonds. The van der Waals surface area contributed by atoms with Crippen LogP contribution in [-0.4, -0.2) is 11.0 Å². The quantitative estimate of drug-likeness (QED) is 0.590. The number of hydrogen-bond donors (Lipinski definition) is 2. The molecule has 0 radical (unpaired) electrons. The zero-order chi connectivity index (χ0) is 11.5. The van der Waals surface area contributed by atoms with Crippen LogP contribution in [0.5, 0.6) is 5.75 Å². The van der Waals surface area contributed by atoms with Crippen LogP contribution >= 0.6 is 0 Å². The van der Waals surface area contributed by atoms with Gasteiger partial charge in [-0.2, -0.15) is 0 Å². The van der Waals surface area contributed by atoms with Gasteiger partial charge in [0.15, 0.2) is 0 Å². The van der Waals surface area contributed by atoms with Gasteiger partial charge in [0.2, 0.25) is 5.91 Å². The van der Waals surface area contributed by atoms with E-state index in [4.69, 9.17) is 0 Å². The van der Waals surface area contributed by atoms with Crippen LogP contribution in [0.15, 0.2) is 24.8 Å². The van der Waals surface area contributed by atoms with Crippen LogP contribution in [-0.2, 0) is 17.6 Å². The molecule has 2 rings (SSSR count). The smallest absolute Gasteiger partial charge is 0.247 e. The van der Waals surface area contributed by atoms with Crippen molar-refractivity contribution < 1.29 is 9.90 Å². The van der Waals surface area contributed by atoms with Crippen molar-refractivity contribution in [2.45, 2.75) is 25.7 Å². The number of benzene rings is 1. The number of aromatic hydroxyl groups is 1. The Hall–Kier alpha value is -1.77. The van der Waals surface area contributed by atoms with Gasteiger partial charge >= 0.3 is 0 Å². The van der Waals surface area contributed by atoms with Gasteiger partial charge in [-0.15, -0.1) is 0 Å². The molecule has 3 nitrogen and oxygen atoms in total. The second kappa shape index (κ2) is 4.39. The first-order chi connectivity index (χ1) is 7.70. The number of amides is 1. The fourth-order valence-electron chi connectivity index (χ4n) is 2.06. The molecule has 0 aliphatic heterocycles. The van der Waals surface area contributed by atoms with Crippen LogP contribution in [0.4, 0.5) is 5.69 Å². The Morgan fingerprint density at radius 3 is 2.56 bits per heavy atom. The summed E-state index contributed by atoms with van der Waals surface area (Å²) in [6.07, 6.45) is 5.57. The summed E-state index contributed by atoms with van der Waals surface area (Å²) >= 11 is 0. The number of rotatable bonds is 2. The normalized spacial score (nSPS) is 14.0. The van der Waals surface area contributed by atoms with Crippen LogP contribution in [0.1, 0.15) is 24.0 Å². The molecule has 0 atom stereocenters. The lowest BCUT2D eigenvalue weighted by molar-refractivity contribution is -0.111. The molecule has 0 saturated heterocycles. The average Bonchev–Trinajstić information content (AvgIpc) is 2.30. The zero-order valence-electron chi connectivity index (χ0n) is 9.12. The maximum absolute atomic E-state index is 11.2. The van der Waals surface area contributed by atoms with Crippen LogP contribution in [0.25, 0.3) is 0 Å². The van der Waals surface area contributed by atoms with Gasteiger partial charge in [-0.05, 0) is 55.0 Å². The lowest BCUT2D eigenvalue weighted by Gasteiger charge is -2.17. The molecule has 0 fully saturated rings. The topological polar surface area (TPSA) is 49.3 Å². The molecular weight excluding hydrogens is 202 g/mol. The molecular formula is C13H15NO2. The summed E-state index contributed by atoms with van der Waals surface area (Å²) in [5.74, 6) is -0.165. The number of carbonyl (C=O) groups is 1. The summed E-state index contributed by atoms with van der Waals surface area (Å²) < 4.78 is 0. The number of carbonyl (C=O) groups excluding carboxylic acids is 1. The largest absolute Gasteiger partial charge is 0.506 e. The molecule has 84 valence electrons. The van der Waals surface area contributed by atoms with Gasteiger partial charge in [0.05, 0.1) is 5.69 Å². The van der Waals surface area contributed by atoms with Crippen molar-refractivity contribution >= 4 is 11.6 Å². The minimum Gasteiger partial charge on any atom is -0.506 e. The SMILES string of the molecule is C=CC(=O)Nc1cc2c(cc1O)CCCC2. The number of phenols is 1. The second-order valence-corrected chi connectivity index (χ2v) is 4.04.